The predicted octanol–water partition coefficient (Wildman–Crippen LogP) is 4.00. The molecule has 1 N–H and O–H groups in total. The zero-order valence-corrected chi connectivity index (χ0v) is 19.2. The maximum absolute atomic E-state index is 13.5. The van der Waals surface area contributed by atoms with Gasteiger partial charge in [-0.2, -0.15) is 5.10 Å². The Hall–Kier alpha value is -3.97. The summed E-state index contributed by atoms with van der Waals surface area (Å²) in [4.78, 5) is 19.5. The van der Waals surface area contributed by atoms with E-state index in [2.05, 4.69) is 10.1 Å². The number of hydrogen-bond donors (Lipinski definition) is 1. The molecule has 0 bridgehead atoms. The van der Waals surface area contributed by atoms with Crippen LogP contribution in [0.2, 0.25) is 0 Å². The highest BCUT2D eigenvalue weighted by Gasteiger charge is 2.23. The SMILES string of the molecule is Cc1cc(C)n(-c2cccc(C(=O)N3CCOc4ccc(C(O)c5ccccn5)cc4C3)c2)n1. The zero-order valence-electron chi connectivity index (χ0n) is 19.2. The average Bonchev–Trinajstić information content (AvgIpc) is 3.07. The first kappa shape index (κ1) is 21.9. The number of rotatable bonds is 4. The van der Waals surface area contributed by atoms with Crippen molar-refractivity contribution in [1.82, 2.24) is 19.7 Å². The van der Waals surface area contributed by atoms with Crippen LogP contribution in [0.15, 0.2) is 72.9 Å². The number of aliphatic hydroxyl groups excluding tert-OH is 1. The monoisotopic (exact) mass is 454 g/mol. The number of carbonyl (C=O) groups is 1. The molecule has 0 aliphatic carbocycles. The lowest BCUT2D eigenvalue weighted by atomic mass is 10.0. The molecule has 4 aromatic rings. The van der Waals surface area contributed by atoms with Crippen molar-refractivity contribution in [2.24, 2.45) is 0 Å². The number of aromatic nitrogens is 3. The normalized spacial score (nSPS) is 14.1. The summed E-state index contributed by atoms with van der Waals surface area (Å²) in [7, 11) is 0. The Balaban J connectivity index is 1.41. The van der Waals surface area contributed by atoms with Gasteiger partial charge in [-0.05, 0) is 67.9 Å². The summed E-state index contributed by atoms with van der Waals surface area (Å²) in [6.45, 7) is 5.20. The number of ether oxygens (including phenoxy) is 1. The number of fused-ring (bicyclic) bond motifs is 1. The third kappa shape index (κ3) is 4.30. The summed E-state index contributed by atoms with van der Waals surface area (Å²) in [5.41, 5.74) is 5.53. The van der Waals surface area contributed by atoms with Crippen molar-refractivity contribution < 1.29 is 14.6 Å². The van der Waals surface area contributed by atoms with Crippen LogP contribution in [0, 0.1) is 13.8 Å². The first-order valence-corrected chi connectivity index (χ1v) is 11.3. The molecule has 0 saturated heterocycles. The van der Waals surface area contributed by atoms with Crippen molar-refractivity contribution in [3.8, 4) is 11.4 Å². The van der Waals surface area contributed by atoms with Gasteiger partial charge in [0.05, 0.1) is 23.6 Å². The maximum atomic E-state index is 13.5. The fraction of sp³-hybridized carbons (Fsp3) is 0.222. The van der Waals surface area contributed by atoms with Gasteiger partial charge in [-0.3, -0.25) is 9.78 Å². The minimum atomic E-state index is -0.851. The third-order valence-electron chi connectivity index (χ3n) is 5.98. The van der Waals surface area contributed by atoms with Gasteiger partial charge < -0.3 is 14.7 Å². The average molecular weight is 455 g/mol. The lowest BCUT2D eigenvalue weighted by Gasteiger charge is -2.21. The van der Waals surface area contributed by atoms with E-state index < -0.39 is 6.10 Å². The van der Waals surface area contributed by atoms with Crippen LogP contribution in [-0.4, -0.2) is 43.8 Å². The topological polar surface area (TPSA) is 80.5 Å². The van der Waals surface area contributed by atoms with Crippen LogP contribution in [0.1, 0.15) is 44.7 Å². The number of aliphatic hydroxyl groups is 1. The van der Waals surface area contributed by atoms with E-state index in [9.17, 15) is 9.90 Å². The first-order valence-electron chi connectivity index (χ1n) is 11.3. The van der Waals surface area contributed by atoms with Crippen molar-refractivity contribution in [3.63, 3.8) is 0 Å². The Kier molecular flexibility index (Phi) is 5.86. The Morgan fingerprint density at radius 1 is 1.06 bits per heavy atom. The van der Waals surface area contributed by atoms with E-state index in [4.69, 9.17) is 4.74 Å². The molecular formula is C27H26N4O3. The van der Waals surface area contributed by atoms with Crippen LogP contribution in [0.5, 0.6) is 5.75 Å². The molecule has 0 saturated carbocycles. The highest BCUT2D eigenvalue weighted by atomic mass is 16.5. The first-order chi connectivity index (χ1) is 16.5. The van der Waals surface area contributed by atoms with Gasteiger partial charge in [0.1, 0.15) is 18.5 Å². The van der Waals surface area contributed by atoms with Crippen molar-refractivity contribution in [3.05, 3.63) is 107 Å². The summed E-state index contributed by atoms with van der Waals surface area (Å²) < 4.78 is 7.76. The highest BCUT2D eigenvalue weighted by molar-refractivity contribution is 5.94. The summed E-state index contributed by atoms with van der Waals surface area (Å²) in [6.07, 6.45) is 0.808. The molecule has 5 rings (SSSR count). The number of nitrogens with zero attached hydrogens (tertiary/aromatic N) is 4. The van der Waals surface area contributed by atoms with E-state index in [1.165, 1.54) is 0 Å². The zero-order chi connectivity index (χ0) is 23.7. The Morgan fingerprint density at radius 3 is 2.71 bits per heavy atom. The van der Waals surface area contributed by atoms with E-state index in [0.717, 1.165) is 28.4 Å². The molecule has 2 aromatic carbocycles. The number of aryl methyl sites for hydroxylation is 2. The number of benzene rings is 2. The molecule has 0 fully saturated rings. The van der Waals surface area contributed by atoms with Crippen LogP contribution < -0.4 is 4.74 Å². The molecular weight excluding hydrogens is 428 g/mol. The Morgan fingerprint density at radius 2 is 1.94 bits per heavy atom. The van der Waals surface area contributed by atoms with E-state index in [1.807, 2.05) is 79.2 Å². The lowest BCUT2D eigenvalue weighted by molar-refractivity contribution is 0.0733. The molecule has 7 heteroatoms. The predicted molar refractivity (Wildman–Crippen MR) is 128 cm³/mol. The molecule has 1 aliphatic rings. The van der Waals surface area contributed by atoms with Gasteiger partial charge in [-0.15, -0.1) is 0 Å². The van der Waals surface area contributed by atoms with Gasteiger partial charge >= 0.3 is 0 Å². The lowest BCUT2D eigenvalue weighted by Crippen LogP contribution is -2.32. The molecule has 34 heavy (non-hydrogen) atoms. The van der Waals surface area contributed by atoms with Crippen LogP contribution in [-0.2, 0) is 6.54 Å². The van der Waals surface area contributed by atoms with Gasteiger partial charge in [-0.25, -0.2) is 4.68 Å². The van der Waals surface area contributed by atoms with E-state index >= 15 is 0 Å². The quantitative estimate of drug-likeness (QED) is 0.504. The second kappa shape index (κ2) is 9.11. The largest absolute Gasteiger partial charge is 0.491 e. The van der Waals surface area contributed by atoms with Crippen LogP contribution in [0.25, 0.3) is 5.69 Å². The number of pyridine rings is 1. The molecule has 7 nitrogen and oxygen atoms in total. The Bertz CT molecular complexity index is 1330. The van der Waals surface area contributed by atoms with Gasteiger partial charge in [0, 0.05) is 29.6 Å². The van der Waals surface area contributed by atoms with E-state index in [-0.39, 0.29) is 5.91 Å². The molecule has 1 aliphatic heterocycles. The second-order valence-corrected chi connectivity index (χ2v) is 8.49. The summed E-state index contributed by atoms with van der Waals surface area (Å²) in [5, 5.41) is 15.3. The van der Waals surface area contributed by atoms with Gasteiger partial charge in [0.15, 0.2) is 0 Å². The van der Waals surface area contributed by atoms with Gasteiger partial charge in [-0.1, -0.05) is 18.2 Å². The minimum Gasteiger partial charge on any atom is -0.491 e. The minimum absolute atomic E-state index is 0.0736. The fourth-order valence-electron chi connectivity index (χ4n) is 4.31. The molecule has 2 aromatic heterocycles. The maximum Gasteiger partial charge on any atom is 0.254 e. The Labute approximate surface area is 198 Å². The highest BCUT2D eigenvalue weighted by Crippen LogP contribution is 2.29. The summed E-state index contributed by atoms with van der Waals surface area (Å²) in [6, 6.07) is 20.6. The summed E-state index contributed by atoms with van der Waals surface area (Å²) in [5.74, 6) is 0.652. The van der Waals surface area contributed by atoms with Gasteiger partial charge in [0.25, 0.3) is 5.91 Å². The summed E-state index contributed by atoms with van der Waals surface area (Å²) >= 11 is 0. The van der Waals surface area contributed by atoms with Crippen molar-refractivity contribution >= 4 is 5.91 Å². The van der Waals surface area contributed by atoms with E-state index in [0.29, 0.717) is 36.5 Å². The fourth-order valence-corrected chi connectivity index (χ4v) is 4.31. The van der Waals surface area contributed by atoms with Crippen molar-refractivity contribution in [1.29, 1.82) is 0 Å². The van der Waals surface area contributed by atoms with Crippen molar-refractivity contribution in [2.75, 3.05) is 13.2 Å². The smallest absolute Gasteiger partial charge is 0.254 e. The molecule has 0 radical (unpaired) electrons. The van der Waals surface area contributed by atoms with Crippen molar-refractivity contribution in [2.45, 2.75) is 26.5 Å². The van der Waals surface area contributed by atoms with Crippen LogP contribution in [0.4, 0.5) is 0 Å². The van der Waals surface area contributed by atoms with Crippen LogP contribution >= 0.6 is 0 Å². The van der Waals surface area contributed by atoms with Gasteiger partial charge in [0.2, 0.25) is 0 Å². The molecule has 0 spiro atoms. The molecule has 172 valence electrons. The third-order valence-corrected chi connectivity index (χ3v) is 5.98. The number of amides is 1. The number of hydrogen-bond acceptors (Lipinski definition) is 5. The van der Waals surface area contributed by atoms with Crippen LogP contribution in [0.3, 0.4) is 0 Å². The van der Waals surface area contributed by atoms with E-state index in [1.54, 1.807) is 17.2 Å². The molecule has 1 amide bonds. The molecule has 1 atom stereocenters. The standard InChI is InChI=1S/C27H26N4O3/c1-18-14-19(2)31(29-18)23-7-5-6-21(16-23)27(33)30-12-13-34-25-10-9-20(15-22(25)17-30)26(32)24-8-3-4-11-28-24/h3-11,14-16,26,32H,12-13,17H2,1-2H3. The molecule has 1 unspecified atom stereocenters. The second-order valence-electron chi connectivity index (χ2n) is 8.49. The molecule has 3 heterocycles. The number of carbonyl (C=O) groups excluding carboxylic acids is 1.